The molecule has 0 spiro atoms. The Labute approximate surface area is 142 Å². The molecule has 0 unspecified atom stereocenters. The third-order valence-corrected chi connectivity index (χ3v) is 3.03. The van der Waals surface area contributed by atoms with Crippen LogP contribution in [0.3, 0.4) is 0 Å². The van der Waals surface area contributed by atoms with E-state index in [0.29, 0.717) is 21.7 Å². The van der Waals surface area contributed by atoms with Crippen LogP contribution in [0.15, 0.2) is 36.7 Å². The minimum atomic E-state index is -0.519. The number of carbonyl (C=O) groups is 1. The number of aromatic nitrogens is 2. The number of esters is 1. The van der Waals surface area contributed by atoms with E-state index in [2.05, 4.69) is 9.97 Å². The van der Waals surface area contributed by atoms with Gasteiger partial charge in [0.05, 0.1) is 32.8 Å². The molecule has 0 amide bonds. The normalized spacial score (nSPS) is 11.9. The van der Waals surface area contributed by atoms with Gasteiger partial charge in [0.1, 0.15) is 17.7 Å². The minimum Gasteiger partial charge on any atom is -0.456 e. The molecule has 6 nitrogen and oxygen atoms in total. The van der Waals surface area contributed by atoms with Crippen LogP contribution < -0.4 is 9.22 Å². The van der Waals surface area contributed by atoms with Gasteiger partial charge in [-0.05, 0) is 45.0 Å². The van der Waals surface area contributed by atoms with Gasteiger partial charge < -0.3 is 9.47 Å². The molecule has 2 rings (SSSR count). The molecule has 0 atom stereocenters. The molecule has 2 aromatic rings. The first kappa shape index (κ1) is 17.9. The fourth-order valence-electron chi connectivity index (χ4n) is 1.87. The van der Waals surface area contributed by atoms with Crippen molar-refractivity contribution in [1.29, 1.82) is 0 Å². The summed E-state index contributed by atoms with van der Waals surface area (Å²) in [4.78, 5) is 20.4. The van der Waals surface area contributed by atoms with Crippen molar-refractivity contribution >= 4 is 11.8 Å². The van der Waals surface area contributed by atoms with Crippen LogP contribution in [-0.4, -0.2) is 42.7 Å². The van der Waals surface area contributed by atoms with Gasteiger partial charge in [-0.25, -0.2) is 9.78 Å². The van der Waals surface area contributed by atoms with E-state index in [-0.39, 0.29) is 5.97 Å². The number of nitrogens with zero attached hydrogens (tertiary/aromatic N) is 3. The molecule has 0 aliphatic carbocycles. The Morgan fingerprint density at radius 3 is 2.21 bits per heavy atom. The van der Waals surface area contributed by atoms with Crippen LogP contribution >= 0.6 is 0 Å². The van der Waals surface area contributed by atoms with Crippen molar-refractivity contribution in [2.45, 2.75) is 26.4 Å². The first-order valence-electron chi connectivity index (χ1n) is 7.70. The predicted molar refractivity (Wildman–Crippen MR) is 93.3 cm³/mol. The van der Waals surface area contributed by atoms with Gasteiger partial charge in [0.2, 0.25) is 11.7 Å². The molecule has 1 aromatic heterocycles. The summed E-state index contributed by atoms with van der Waals surface area (Å²) in [6.45, 7) is 5.51. The number of carbonyl (C=O) groups excluding carboxylic acids is 1. The maximum atomic E-state index is 12.0. The Balaban J connectivity index is 2.11. The Morgan fingerprint density at radius 2 is 1.67 bits per heavy atom. The fourth-order valence-corrected chi connectivity index (χ4v) is 1.87. The van der Waals surface area contributed by atoms with Crippen LogP contribution in [0.25, 0.3) is 0 Å². The van der Waals surface area contributed by atoms with E-state index >= 15 is 0 Å². The molecular formula is C18H24N3O3+. The molecule has 24 heavy (non-hydrogen) atoms. The van der Waals surface area contributed by atoms with Crippen LogP contribution in [0.1, 0.15) is 31.1 Å². The lowest BCUT2D eigenvalue weighted by Crippen LogP contribution is -2.35. The minimum absolute atomic E-state index is 0.358. The van der Waals surface area contributed by atoms with Crippen molar-refractivity contribution in [3.63, 3.8) is 0 Å². The third-order valence-electron chi connectivity index (χ3n) is 3.03. The quantitative estimate of drug-likeness (QED) is 0.635. The molecule has 6 heteroatoms. The third kappa shape index (κ3) is 5.03. The topological polar surface area (TPSA) is 61.3 Å². The van der Waals surface area contributed by atoms with Gasteiger partial charge in [0.25, 0.3) is 0 Å². The van der Waals surface area contributed by atoms with E-state index in [1.54, 1.807) is 30.3 Å². The number of ether oxygens (including phenoxy) is 2. The lowest BCUT2D eigenvalue weighted by Gasteiger charge is -2.21. The molecular weight excluding hydrogens is 306 g/mol. The largest absolute Gasteiger partial charge is 0.456 e. The summed E-state index contributed by atoms with van der Waals surface area (Å²) in [6.07, 6.45) is 1.48. The summed E-state index contributed by atoms with van der Waals surface area (Å²) in [6, 6.07) is 8.57. The number of hydrogen-bond acceptors (Lipinski definition) is 5. The standard InChI is InChI=1S/C18H24N3O3/c1-18(2,3)24-17(22)13-7-9-14(10-8-13)23-16-11-15(19-12-20-16)21(4,5)6/h7-12H,1-6H3/q+1. The Kier molecular flexibility index (Phi) is 4.89. The van der Waals surface area contributed by atoms with Gasteiger partial charge in [0.15, 0.2) is 0 Å². The zero-order valence-corrected chi connectivity index (χ0v) is 15.0. The lowest BCUT2D eigenvalue weighted by atomic mass is 10.1. The van der Waals surface area contributed by atoms with E-state index in [4.69, 9.17) is 9.47 Å². The zero-order valence-electron chi connectivity index (χ0n) is 15.0. The van der Waals surface area contributed by atoms with Gasteiger partial charge in [-0.1, -0.05) is 0 Å². The van der Waals surface area contributed by atoms with Crippen molar-refractivity contribution in [3.05, 3.63) is 42.2 Å². The second-order valence-electron chi connectivity index (χ2n) is 7.36. The van der Waals surface area contributed by atoms with E-state index in [1.807, 2.05) is 41.9 Å². The van der Waals surface area contributed by atoms with Gasteiger partial charge >= 0.3 is 5.97 Å². The Morgan fingerprint density at radius 1 is 1.04 bits per heavy atom. The molecule has 1 heterocycles. The summed E-state index contributed by atoms with van der Waals surface area (Å²) in [5.74, 6) is 1.53. The summed E-state index contributed by atoms with van der Waals surface area (Å²) in [7, 11) is 6.05. The van der Waals surface area contributed by atoms with E-state index in [0.717, 1.165) is 5.82 Å². The summed E-state index contributed by atoms with van der Waals surface area (Å²) < 4.78 is 11.6. The Hall–Kier alpha value is -2.47. The summed E-state index contributed by atoms with van der Waals surface area (Å²) in [5, 5.41) is 0. The number of hydrogen-bond donors (Lipinski definition) is 0. The molecule has 128 valence electrons. The molecule has 0 radical (unpaired) electrons. The predicted octanol–water partition coefficient (Wildman–Crippen LogP) is 3.42. The van der Waals surface area contributed by atoms with E-state index < -0.39 is 5.60 Å². The molecule has 1 aromatic carbocycles. The maximum absolute atomic E-state index is 12.0. The summed E-state index contributed by atoms with van der Waals surface area (Å²) in [5.41, 5.74) is -0.0403. The molecule has 0 saturated carbocycles. The zero-order chi connectivity index (χ0) is 18.0. The molecule has 0 aliphatic heterocycles. The van der Waals surface area contributed by atoms with E-state index in [9.17, 15) is 4.79 Å². The first-order valence-corrected chi connectivity index (χ1v) is 7.70. The second-order valence-corrected chi connectivity index (χ2v) is 7.36. The van der Waals surface area contributed by atoms with Crippen LogP contribution in [-0.2, 0) is 4.74 Å². The first-order chi connectivity index (χ1) is 11.0. The monoisotopic (exact) mass is 330 g/mol. The SMILES string of the molecule is CC(C)(C)OC(=O)c1ccc(Oc2cc([N+](C)(C)C)ncn2)cc1. The van der Waals surface area contributed by atoms with Gasteiger partial charge in [-0.15, -0.1) is 0 Å². The van der Waals surface area contributed by atoms with Crippen molar-refractivity contribution in [2.75, 3.05) is 21.1 Å². The lowest BCUT2D eigenvalue weighted by molar-refractivity contribution is 0.00695. The smallest absolute Gasteiger partial charge is 0.338 e. The van der Waals surface area contributed by atoms with Gasteiger partial charge in [-0.3, -0.25) is 4.48 Å². The number of rotatable bonds is 4. The molecule has 0 fully saturated rings. The van der Waals surface area contributed by atoms with Crippen molar-refractivity contribution in [3.8, 4) is 11.6 Å². The highest BCUT2D eigenvalue weighted by atomic mass is 16.6. The highest BCUT2D eigenvalue weighted by Crippen LogP contribution is 2.24. The Bertz CT molecular complexity index is 714. The maximum Gasteiger partial charge on any atom is 0.338 e. The van der Waals surface area contributed by atoms with Gasteiger partial charge in [0, 0.05) is 0 Å². The average Bonchev–Trinajstić information content (AvgIpc) is 2.45. The number of quaternary nitrogens is 1. The van der Waals surface area contributed by atoms with Crippen molar-refractivity contribution in [1.82, 2.24) is 14.5 Å². The highest BCUT2D eigenvalue weighted by Gasteiger charge is 2.18. The highest BCUT2D eigenvalue weighted by molar-refractivity contribution is 5.89. The molecule has 0 bridgehead atoms. The molecule has 0 N–H and O–H groups in total. The summed E-state index contributed by atoms with van der Waals surface area (Å²) >= 11 is 0. The average molecular weight is 330 g/mol. The van der Waals surface area contributed by atoms with Crippen LogP contribution in [0, 0.1) is 0 Å². The molecule has 0 saturated heterocycles. The van der Waals surface area contributed by atoms with Crippen LogP contribution in [0.2, 0.25) is 0 Å². The van der Waals surface area contributed by atoms with Crippen molar-refractivity contribution in [2.24, 2.45) is 0 Å². The fraction of sp³-hybridized carbons (Fsp3) is 0.389. The van der Waals surface area contributed by atoms with Crippen molar-refractivity contribution < 1.29 is 14.3 Å². The second kappa shape index (κ2) is 6.57. The molecule has 0 aliphatic rings. The van der Waals surface area contributed by atoms with Gasteiger partial charge in [-0.2, -0.15) is 4.98 Å². The van der Waals surface area contributed by atoms with Crippen LogP contribution in [0.4, 0.5) is 5.82 Å². The van der Waals surface area contributed by atoms with Crippen LogP contribution in [0.5, 0.6) is 11.6 Å². The number of benzene rings is 1. The van der Waals surface area contributed by atoms with E-state index in [1.165, 1.54) is 6.33 Å².